The Morgan fingerprint density at radius 2 is 1.96 bits per heavy atom. The molecule has 2 aromatic rings. The Kier molecular flexibility index (Phi) is 4.83. The van der Waals surface area contributed by atoms with Gasteiger partial charge in [-0.3, -0.25) is 0 Å². The Labute approximate surface area is 158 Å². The standard InChI is InChI=1S/C20H23ClN4O/c1-25-12-14(17-4-2-3-5-18(17)21)10-13-11-22-20(24-19(13)25)23-15-6-8-16(26)9-7-15/h2-5,10-11,15-16,26H,6-9,12H2,1H3,(H,22,23,24). The zero-order valence-corrected chi connectivity index (χ0v) is 15.6. The minimum absolute atomic E-state index is 0.156. The quantitative estimate of drug-likeness (QED) is 0.859. The summed E-state index contributed by atoms with van der Waals surface area (Å²) in [6.07, 6.45) is 7.42. The predicted octanol–water partition coefficient (Wildman–Crippen LogP) is 3.84. The first-order valence-electron chi connectivity index (χ1n) is 9.08. The second-order valence-electron chi connectivity index (χ2n) is 7.13. The number of aromatic nitrogens is 2. The molecule has 1 aliphatic heterocycles. The van der Waals surface area contributed by atoms with Gasteiger partial charge in [0.05, 0.1) is 6.10 Å². The van der Waals surface area contributed by atoms with E-state index in [1.807, 2.05) is 37.5 Å². The number of hydrogen-bond donors (Lipinski definition) is 2. The molecule has 2 heterocycles. The van der Waals surface area contributed by atoms with Crippen LogP contribution in [0.25, 0.3) is 11.6 Å². The molecule has 1 fully saturated rings. The van der Waals surface area contributed by atoms with E-state index < -0.39 is 0 Å². The van der Waals surface area contributed by atoms with Gasteiger partial charge in [-0.15, -0.1) is 0 Å². The zero-order chi connectivity index (χ0) is 18.1. The van der Waals surface area contributed by atoms with Crippen molar-refractivity contribution in [1.82, 2.24) is 9.97 Å². The van der Waals surface area contributed by atoms with Gasteiger partial charge in [-0.05, 0) is 49.0 Å². The van der Waals surface area contributed by atoms with Gasteiger partial charge in [-0.2, -0.15) is 4.98 Å². The number of aliphatic hydroxyl groups is 1. The van der Waals surface area contributed by atoms with E-state index >= 15 is 0 Å². The van der Waals surface area contributed by atoms with E-state index in [-0.39, 0.29) is 6.10 Å². The molecular formula is C20H23ClN4O. The Balaban J connectivity index is 1.57. The van der Waals surface area contributed by atoms with Crippen molar-refractivity contribution in [2.45, 2.75) is 37.8 Å². The molecule has 0 unspecified atom stereocenters. The molecule has 2 aliphatic rings. The number of halogens is 1. The molecular weight excluding hydrogens is 348 g/mol. The fourth-order valence-corrected chi connectivity index (χ4v) is 3.97. The average Bonchev–Trinajstić information content (AvgIpc) is 2.64. The molecule has 26 heavy (non-hydrogen) atoms. The van der Waals surface area contributed by atoms with Crippen molar-refractivity contribution in [3.63, 3.8) is 0 Å². The predicted molar refractivity (Wildman–Crippen MR) is 107 cm³/mol. The summed E-state index contributed by atoms with van der Waals surface area (Å²) < 4.78 is 0. The van der Waals surface area contributed by atoms with Gasteiger partial charge in [0, 0.05) is 36.4 Å². The van der Waals surface area contributed by atoms with Crippen molar-refractivity contribution in [1.29, 1.82) is 0 Å². The average molecular weight is 371 g/mol. The largest absolute Gasteiger partial charge is 0.393 e. The highest BCUT2D eigenvalue weighted by molar-refractivity contribution is 6.32. The van der Waals surface area contributed by atoms with Gasteiger partial charge >= 0.3 is 0 Å². The van der Waals surface area contributed by atoms with Crippen molar-refractivity contribution >= 4 is 35.0 Å². The number of anilines is 2. The van der Waals surface area contributed by atoms with Gasteiger partial charge in [-0.1, -0.05) is 29.8 Å². The van der Waals surface area contributed by atoms with Gasteiger partial charge in [-0.25, -0.2) is 4.98 Å². The molecule has 1 saturated carbocycles. The minimum Gasteiger partial charge on any atom is -0.393 e. The van der Waals surface area contributed by atoms with E-state index in [0.29, 0.717) is 12.0 Å². The third kappa shape index (κ3) is 3.55. The summed E-state index contributed by atoms with van der Waals surface area (Å²) >= 11 is 6.36. The maximum absolute atomic E-state index is 9.64. The normalized spacial score (nSPS) is 22.6. The first kappa shape index (κ1) is 17.3. The maximum Gasteiger partial charge on any atom is 0.224 e. The lowest BCUT2D eigenvalue weighted by Crippen LogP contribution is -2.30. The zero-order valence-electron chi connectivity index (χ0n) is 14.8. The van der Waals surface area contributed by atoms with Crippen LogP contribution in [0, 0.1) is 0 Å². The number of hydrogen-bond acceptors (Lipinski definition) is 5. The Hall–Kier alpha value is -2.11. The molecule has 6 heteroatoms. The number of nitrogens with one attached hydrogen (secondary N) is 1. The Morgan fingerprint density at radius 3 is 2.73 bits per heavy atom. The van der Waals surface area contributed by atoms with E-state index in [4.69, 9.17) is 16.6 Å². The number of aliphatic hydroxyl groups excluding tert-OH is 1. The van der Waals surface area contributed by atoms with Crippen molar-refractivity contribution in [2.75, 3.05) is 23.8 Å². The van der Waals surface area contributed by atoms with Crippen LogP contribution in [0.5, 0.6) is 0 Å². The van der Waals surface area contributed by atoms with Crippen LogP contribution in [-0.4, -0.2) is 40.8 Å². The summed E-state index contributed by atoms with van der Waals surface area (Å²) in [6, 6.07) is 8.24. The van der Waals surface area contributed by atoms with Crippen LogP contribution in [0.2, 0.25) is 5.02 Å². The van der Waals surface area contributed by atoms with Gasteiger partial charge in [0.2, 0.25) is 5.95 Å². The fraction of sp³-hybridized carbons (Fsp3) is 0.400. The van der Waals surface area contributed by atoms with Crippen molar-refractivity contribution in [2.24, 2.45) is 0 Å². The van der Waals surface area contributed by atoms with Gasteiger partial charge < -0.3 is 15.3 Å². The SMILES string of the molecule is CN1CC(c2ccccc2Cl)=Cc2cnc(NC3CCC(O)CC3)nc21. The highest BCUT2D eigenvalue weighted by atomic mass is 35.5. The van der Waals surface area contributed by atoms with E-state index in [0.717, 1.165) is 59.8 Å². The van der Waals surface area contributed by atoms with Gasteiger partial charge in [0.1, 0.15) is 5.82 Å². The molecule has 5 nitrogen and oxygen atoms in total. The van der Waals surface area contributed by atoms with E-state index in [2.05, 4.69) is 21.3 Å². The van der Waals surface area contributed by atoms with Gasteiger partial charge in [0.15, 0.2) is 0 Å². The number of nitrogens with zero attached hydrogens (tertiary/aromatic N) is 3. The number of fused-ring (bicyclic) bond motifs is 1. The fourth-order valence-electron chi connectivity index (χ4n) is 3.71. The van der Waals surface area contributed by atoms with Crippen LogP contribution in [0.4, 0.5) is 11.8 Å². The Bertz CT molecular complexity index is 830. The molecule has 4 rings (SSSR count). The molecule has 0 radical (unpaired) electrons. The third-order valence-electron chi connectivity index (χ3n) is 5.14. The third-order valence-corrected chi connectivity index (χ3v) is 5.47. The van der Waals surface area contributed by atoms with Crippen LogP contribution < -0.4 is 10.2 Å². The molecule has 1 aromatic carbocycles. The molecule has 2 N–H and O–H groups in total. The lowest BCUT2D eigenvalue weighted by atomic mass is 9.93. The summed E-state index contributed by atoms with van der Waals surface area (Å²) in [6.45, 7) is 0.753. The van der Waals surface area contributed by atoms with Crippen molar-refractivity contribution in [3.05, 3.63) is 46.6 Å². The van der Waals surface area contributed by atoms with Crippen LogP contribution in [0.3, 0.4) is 0 Å². The molecule has 0 amide bonds. The van der Waals surface area contributed by atoms with Crippen LogP contribution >= 0.6 is 11.6 Å². The first-order valence-corrected chi connectivity index (χ1v) is 9.46. The highest BCUT2D eigenvalue weighted by Crippen LogP contribution is 2.33. The summed E-state index contributed by atoms with van der Waals surface area (Å²) in [5, 5.41) is 13.8. The summed E-state index contributed by atoms with van der Waals surface area (Å²) in [4.78, 5) is 11.4. The molecule has 1 aliphatic carbocycles. The lowest BCUT2D eigenvalue weighted by molar-refractivity contribution is 0.126. The molecule has 0 bridgehead atoms. The van der Waals surface area contributed by atoms with Crippen LogP contribution in [-0.2, 0) is 0 Å². The number of likely N-dealkylation sites (N-methyl/N-ethyl adjacent to an activating group) is 1. The van der Waals surface area contributed by atoms with Gasteiger partial charge in [0.25, 0.3) is 0 Å². The second kappa shape index (κ2) is 7.25. The molecule has 0 saturated heterocycles. The van der Waals surface area contributed by atoms with Crippen LogP contribution in [0.1, 0.15) is 36.8 Å². The monoisotopic (exact) mass is 370 g/mol. The molecule has 0 spiro atoms. The summed E-state index contributed by atoms with van der Waals surface area (Å²) in [5.41, 5.74) is 3.21. The van der Waals surface area contributed by atoms with E-state index in [1.54, 1.807) is 0 Å². The number of benzene rings is 1. The highest BCUT2D eigenvalue weighted by Gasteiger charge is 2.22. The lowest BCUT2D eigenvalue weighted by Gasteiger charge is -2.29. The van der Waals surface area contributed by atoms with E-state index in [1.165, 1.54) is 0 Å². The summed E-state index contributed by atoms with van der Waals surface area (Å²) in [5.74, 6) is 1.58. The smallest absolute Gasteiger partial charge is 0.224 e. The second-order valence-corrected chi connectivity index (χ2v) is 7.54. The number of rotatable bonds is 3. The molecule has 0 atom stereocenters. The van der Waals surface area contributed by atoms with Crippen molar-refractivity contribution < 1.29 is 5.11 Å². The minimum atomic E-state index is -0.156. The molecule has 136 valence electrons. The summed E-state index contributed by atoms with van der Waals surface area (Å²) in [7, 11) is 2.04. The maximum atomic E-state index is 9.64. The van der Waals surface area contributed by atoms with E-state index in [9.17, 15) is 5.11 Å². The van der Waals surface area contributed by atoms with Crippen molar-refractivity contribution in [3.8, 4) is 0 Å². The molecule has 1 aromatic heterocycles. The first-order chi connectivity index (χ1) is 12.6. The van der Waals surface area contributed by atoms with Crippen LogP contribution in [0.15, 0.2) is 30.5 Å². The Morgan fingerprint density at radius 1 is 1.19 bits per heavy atom. The topological polar surface area (TPSA) is 61.3 Å².